The molecule has 0 heterocycles. The van der Waals surface area contributed by atoms with Gasteiger partial charge in [-0.1, -0.05) is 48.5 Å². The van der Waals surface area contributed by atoms with Crippen LogP contribution in [-0.2, 0) is 17.6 Å². The van der Waals surface area contributed by atoms with Crippen molar-refractivity contribution in [3.63, 3.8) is 0 Å². The van der Waals surface area contributed by atoms with E-state index in [4.69, 9.17) is 4.74 Å². The van der Waals surface area contributed by atoms with Gasteiger partial charge in [-0.15, -0.1) is 0 Å². The van der Waals surface area contributed by atoms with Gasteiger partial charge in [0.1, 0.15) is 5.75 Å². The first-order valence-electron chi connectivity index (χ1n) is 9.11. The van der Waals surface area contributed by atoms with Crippen molar-refractivity contribution < 1.29 is 14.6 Å². The van der Waals surface area contributed by atoms with E-state index < -0.39 is 0 Å². The minimum atomic E-state index is -0.303. The molecule has 0 aliphatic carbocycles. The lowest BCUT2D eigenvalue weighted by molar-refractivity contribution is -0.121. The number of nitrogens with one attached hydrogen (secondary N) is 1. The van der Waals surface area contributed by atoms with E-state index in [0.29, 0.717) is 6.42 Å². The molecular formula is C23H25NO3. The molecule has 0 saturated heterocycles. The Morgan fingerprint density at radius 2 is 1.85 bits per heavy atom. The Hall–Kier alpha value is -2.85. The number of fused-ring (bicyclic) bond motifs is 1. The zero-order chi connectivity index (χ0) is 19.2. The molecular weight excluding hydrogens is 338 g/mol. The molecule has 0 fully saturated rings. The molecule has 27 heavy (non-hydrogen) atoms. The van der Waals surface area contributed by atoms with E-state index >= 15 is 0 Å². The summed E-state index contributed by atoms with van der Waals surface area (Å²) >= 11 is 0. The van der Waals surface area contributed by atoms with Crippen molar-refractivity contribution in [2.45, 2.75) is 25.8 Å². The second-order valence-corrected chi connectivity index (χ2v) is 6.76. The Morgan fingerprint density at radius 1 is 1.07 bits per heavy atom. The third kappa shape index (κ3) is 4.66. The number of aliphatic hydroxyl groups excluding tert-OH is 1. The van der Waals surface area contributed by atoms with Gasteiger partial charge in [0, 0.05) is 0 Å². The first kappa shape index (κ1) is 18.9. The number of aliphatic hydroxyl groups is 1. The zero-order valence-corrected chi connectivity index (χ0v) is 15.7. The smallest absolute Gasteiger partial charge is 0.224 e. The Bertz CT molecular complexity index is 936. The molecule has 3 aromatic carbocycles. The Kier molecular flexibility index (Phi) is 6.09. The van der Waals surface area contributed by atoms with Crippen molar-refractivity contribution in [3.05, 3.63) is 77.4 Å². The summed E-state index contributed by atoms with van der Waals surface area (Å²) in [5, 5.41) is 14.7. The van der Waals surface area contributed by atoms with Crippen LogP contribution in [0.1, 0.15) is 16.7 Å². The van der Waals surface area contributed by atoms with Crippen molar-refractivity contribution in [3.8, 4) is 5.75 Å². The molecule has 140 valence electrons. The van der Waals surface area contributed by atoms with Gasteiger partial charge >= 0.3 is 0 Å². The second kappa shape index (κ2) is 8.69. The summed E-state index contributed by atoms with van der Waals surface area (Å²) in [5.74, 6) is 0.668. The maximum absolute atomic E-state index is 12.6. The lowest BCUT2D eigenvalue weighted by Gasteiger charge is -2.18. The Morgan fingerprint density at radius 3 is 2.59 bits per heavy atom. The number of carbonyl (C=O) groups excluding carboxylic acids is 1. The molecule has 3 aromatic rings. The van der Waals surface area contributed by atoms with Gasteiger partial charge in [-0.25, -0.2) is 0 Å². The number of hydrogen-bond acceptors (Lipinski definition) is 3. The molecule has 1 amide bonds. The highest BCUT2D eigenvalue weighted by atomic mass is 16.5. The first-order chi connectivity index (χ1) is 13.1. The number of carbonyl (C=O) groups is 1. The number of rotatable bonds is 7. The quantitative estimate of drug-likeness (QED) is 0.676. The number of aryl methyl sites for hydroxylation is 1. The predicted octanol–water partition coefficient (Wildman–Crippen LogP) is 3.42. The summed E-state index contributed by atoms with van der Waals surface area (Å²) in [6.45, 7) is 1.94. The summed E-state index contributed by atoms with van der Waals surface area (Å²) in [7, 11) is 1.63. The van der Waals surface area contributed by atoms with Crippen molar-refractivity contribution in [2.75, 3.05) is 13.7 Å². The lowest BCUT2D eigenvalue weighted by Crippen LogP contribution is -2.40. The van der Waals surface area contributed by atoms with Crippen LogP contribution >= 0.6 is 0 Å². The predicted molar refractivity (Wildman–Crippen MR) is 108 cm³/mol. The van der Waals surface area contributed by atoms with Gasteiger partial charge in [-0.2, -0.15) is 0 Å². The van der Waals surface area contributed by atoms with Crippen LogP contribution in [0.15, 0.2) is 60.7 Å². The highest BCUT2D eigenvalue weighted by Gasteiger charge is 2.15. The average molecular weight is 363 g/mol. The van der Waals surface area contributed by atoms with Gasteiger partial charge in [-0.3, -0.25) is 4.79 Å². The van der Waals surface area contributed by atoms with Crippen LogP contribution in [0, 0.1) is 6.92 Å². The molecule has 0 spiro atoms. The summed E-state index contributed by atoms with van der Waals surface area (Å²) in [6.07, 6.45) is 0.868. The van der Waals surface area contributed by atoms with Crippen LogP contribution in [0.2, 0.25) is 0 Å². The highest BCUT2D eigenvalue weighted by molar-refractivity contribution is 5.91. The summed E-state index contributed by atoms with van der Waals surface area (Å²) in [5.41, 5.74) is 3.23. The Balaban J connectivity index is 1.73. The van der Waals surface area contributed by atoms with E-state index in [1.165, 1.54) is 0 Å². The minimum Gasteiger partial charge on any atom is -0.497 e. The zero-order valence-electron chi connectivity index (χ0n) is 15.7. The highest BCUT2D eigenvalue weighted by Crippen LogP contribution is 2.24. The largest absolute Gasteiger partial charge is 0.497 e. The number of benzene rings is 3. The maximum atomic E-state index is 12.6. The fraction of sp³-hybridized carbons (Fsp3) is 0.261. The first-order valence-corrected chi connectivity index (χ1v) is 9.11. The molecule has 0 aliphatic heterocycles. The molecule has 2 N–H and O–H groups in total. The molecule has 0 bridgehead atoms. The van der Waals surface area contributed by atoms with Crippen LogP contribution in [0.4, 0.5) is 0 Å². The van der Waals surface area contributed by atoms with Crippen LogP contribution < -0.4 is 10.1 Å². The van der Waals surface area contributed by atoms with Crippen molar-refractivity contribution >= 4 is 16.7 Å². The number of methoxy groups -OCH3 is 1. The number of amides is 1. The van der Waals surface area contributed by atoms with Crippen LogP contribution in [0.5, 0.6) is 5.75 Å². The van der Waals surface area contributed by atoms with Gasteiger partial charge in [0.05, 0.1) is 26.2 Å². The normalized spacial score (nSPS) is 12.0. The van der Waals surface area contributed by atoms with E-state index in [1.807, 2.05) is 67.6 Å². The molecule has 0 aromatic heterocycles. The second-order valence-electron chi connectivity index (χ2n) is 6.76. The fourth-order valence-corrected chi connectivity index (χ4v) is 3.32. The monoisotopic (exact) mass is 363 g/mol. The topological polar surface area (TPSA) is 58.6 Å². The van der Waals surface area contributed by atoms with Crippen LogP contribution in [0.25, 0.3) is 10.8 Å². The summed E-state index contributed by atoms with van der Waals surface area (Å²) < 4.78 is 5.31. The van der Waals surface area contributed by atoms with E-state index in [9.17, 15) is 9.90 Å². The minimum absolute atomic E-state index is 0.0938. The van der Waals surface area contributed by atoms with Gasteiger partial charge in [0.15, 0.2) is 0 Å². The van der Waals surface area contributed by atoms with Crippen LogP contribution in [-0.4, -0.2) is 30.8 Å². The lowest BCUT2D eigenvalue weighted by atomic mass is 10.00. The molecule has 4 nitrogen and oxygen atoms in total. The third-order valence-corrected chi connectivity index (χ3v) is 4.84. The van der Waals surface area contributed by atoms with Crippen LogP contribution in [0.3, 0.4) is 0 Å². The van der Waals surface area contributed by atoms with Gasteiger partial charge < -0.3 is 15.2 Å². The van der Waals surface area contributed by atoms with Crippen molar-refractivity contribution in [1.82, 2.24) is 5.32 Å². The molecule has 0 unspecified atom stereocenters. The molecule has 1 atom stereocenters. The van der Waals surface area contributed by atoms with Crippen molar-refractivity contribution in [2.24, 2.45) is 0 Å². The van der Waals surface area contributed by atoms with E-state index in [1.54, 1.807) is 7.11 Å². The standard InChI is InChI=1S/C23H25NO3/c1-16-6-3-4-7-18(16)12-20(15-25)24-23(26)13-19-9-5-8-17-10-11-21(27-2)14-22(17)19/h3-11,14,20,25H,12-13,15H2,1-2H3,(H,24,26)/t20-/m1/s1. The summed E-state index contributed by atoms with van der Waals surface area (Å²) in [4.78, 5) is 12.6. The fourth-order valence-electron chi connectivity index (χ4n) is 3.32. The SMILES string of the molecule is COc1ccc2cccc(CC(=O)N[C@@H](CO)Cc3ccccc3C)c2c1. The average Bonchev–Trinajstić information content (AvgIpc) is 2.69. The van der Waals surface area contributed by atoms with Gasteiger partial charge in [0.2, 0.25) is 5.91 Å². The molecule has 3 rings (SSSR count). The van der Waals surface area contributed by atoms with Gasteiger partial charge in [0.25, 0.3) is 0 Å². The van der Waals surface area contributed by atoms with E-state index in [0.717, 1.165) is 33.2 Å². The number of ether oxygens (including phenoxy) is 1. The molecule has 0 saturated carbocycles. The maximum Gasteiger partial charge on any atom is 0.224 e. The molecule has 4 heteroatoms. The molecule has 0 radical (unpaired) electrons. The van der Waals surface area contributed by atoms with Crippen molar-refractivity contribution in [1.29, 1.82) is 0 Å². The third-order valence-electron chi connectivity index (χ3n) is 4.84. The molecule has 0 aliphatic rings. The number of hydrogen-bond donors (Lipinski definition) is 2. The Labute approximate surface area is 159 Å². The van der Waals surface area contributed by atoms with E-state index in [2.05, 4.69) is 5.32 Å². The summed E-state index contributed by atoms with van der Waals surface area (Å²) in [6, 6.07) is 19.5. The van der Waals surface area contributed by atoms with E-state index in [-0.39, 0.29) is 25.0 Å². The van der Waals surface area contributed by atoms with Gasteiger partial charge in [-0.05, 0) is 52.9 Å².